The summed E-state index contributed by atoms with van der Waals surface area (Å²) in [4.78, 5) is 4.10. The minimum atomic E-state index is -0.663. The molecule has 0 aliphatic heterocycles. The molecular formula is C13H17N3O. The molecule has 90 valence electrons. The second-order valence-corrected chi connectivity index (χ2v) is 4.22. The molecule has 0 amide bonds. The fourth-order valence-electron chi connectivity index (χ4n) is 1.94. The van der Waals surface area contributed by atoms with Gasteiger partial charge in [0.2, 0.25) is 0 Å². The molecule has 0 fully saturated rings. The average Bonchev–Trinajstić information content (AvgIpc) is 2.69. The van der Waals surface area contributed by atoms with Gasteiger partial charge in [-0.25, -0.2) is 0 Å². The third-order valence-electron chi connectivity index (χ3n) is 2.72. The lowest BCUT2D eigenvalue weighted by atomic mass is 10.1. The molecule has 1 unspecified atom stereocenters. The normalized spacial score (nSPS) is 12.7. The van der Waals surface area contributed by atoms with Crippen molar-refractivity contribution in [3.05, 3.63) is 47.0 Å². The van der Waals surface area contributed by atoms with Crippen LogP contribution < -0.4 is 0 Å². The van der Waals surface area contributed by atoms with Gasteiger partial charge in [-0.05, 0) is 32.4 Å². The summed E-state index contributed by atoms with van der Waals surface area (Å²) >= 11 is 0. The lowest BCUT2D eigenvalue weighted by Crippen LogP contribution is -2.09. The molecule has 0 bridgehead atoms. The number of nitrogens with zero attached hydrogens (tertiary/aromatic N) is 3. The number of aliphatic hydroxyl groups excluding tert-OH is 1. The predicted molar refractivity (Wildman–Crippen MR) is 65.7 cm³/mol. The summed E-state index contributed by atoms with van der Waals surface area (Å²) < 4.78 is 1.82. The Bertz CT molecular complexity index is 519. The molecule has 0 aliphatic carbocycles. The highest BCUT2D eigenvalue weighted by Gasteiger charge is 2.16. The number of aromatic nitrogens is 3. The lowest BCUT2D eigenvalue weighted by Gasteiger charge is -2.12. The summed E-state index contributed by atoms with van der Waals surface area (Å²) in [5.74, 6) is 0. The summed E-state index contributed by atoms with van der Waals surface area (Å²) in [6.07, 6.45) is 2.81. The fourth-order valence-corrected chi connectivity index (χ4v) is 1.94. The van der Waals surface area contributed by atoms with Gasteiger partial charge in [0.05, 0.1) is 11.4 Å². The molecule has 0 saturated heterocycles. The highest BCUT2D eigenvalue weighted by molar-refractivity contribution is 5.27. The minimum absolute atomic E-state index is 0.663. The molecule has 0 spiro atoms. The van der Waals surface area contributed by atoms with Crippen molar-refractivity contribution >= 4 is 0 Å². The van der Waals surface area contributed by atoms with Gasteiger partial charge >= 0.3 is 0 Å². The maximum atomic E-state index is 10.3. The molecule has 4 heteroatoms. The molecule has 0 radical (unpaired) electrons. The van der Waals surface area contributed by atoms with Crippen LogP contribution in [0.5, 0.6) is 0 Å². The van der Waals surface area contributed by atoms with Crippen LogP contribution >= 0.6 is 0 Å². The Morgan fingerprint density at radius 2 is 2.06 bits per heavy atom. The first-order valence-electron chi connectivity index (χ1n) is 5.75. The van der Waals surface area contributed by atoms with Crippen molar-refractivity contribution < 1.29 is 5.11 Å². The third-order valence-corrected chi connectivity index (χ3v) is 2.72. The second kappa shape index (κ2) is 4.67. The van der Waals surface area contributed by atoms with Gasteiger partial charge < -0.3 is 5.11 Å². The summed E-state index contributed by atoms with van der Waals surface area (Å²) in [5, 5.41) is 14.7. The van der Waals surface area contributed by atoms with E-state index in [-0.39, 0.29) is 0 Å². The van der Waals surface area contributed by atoms with Crippen LogP contribution in [0.4, 0.5) is 0 Å². The molecule has 0 aliphatic rings. The lowest BCUT2D eigenvalue weighted by molar-refractivity contribution is 0.207. The first kappa shape index (κ1) is 11.8. The maximum Gasteiger partial charge on any atom is 0.122 e. The maximum absolute atomic E-state index is 10.3. The molecule has 2 heterocycles. The van der Waals surface area contributed by atoms with E-state index < -0.39 is 6.10 Å². The molecule has 1 atom stereocenters. The summed E-state index contributed by atoms with van der Waals surface area (Å²) in [6.45, 7) is 6.65. The molecule has 2 aromatic rings. The monoisotopic (exact) mass is 231 g/mol. The van der Waals surface area contributed by atoms with Crippen LogP contribution in [-0.2, 0) is 6.54 Å². The zero-order valence-corrected chi connectivity index (χ0v) is 10.4. The van der Waals surface area contributed by atoms with Crippen molar-refractivity contribution in [1.82, 2.24) is 14.8 Å². The van der Waals surface area contributed by atoms with Crippen LogP contribution in [0.3, 0.4) is 0 Å². The number of rotatable bonds is 3. The van der Waals surface area contributed by atoms with Gasteiger partial charge in [0.25, 0.3) is 0 Å². The molecule has 1 N–H and O–H groups in total. The van der Waals surface area contributed by atoms with Crippen molar-refractivity contribution in [2.75, 3.05) is 0 Å². The van der Waals surface area contributed by atoms with Gasteiger partial charge in [-0.1, -0.05) is 6.07 Å². The standard InChI is InChI=1S/C13H17N3O/c1-4-16-12(6-10(3)15-16)13(17)11-5-9(2)7-14-8-11/h5-8,13,17H,4H2,1-3H3. The number of hydrogen-bond acceptors (Lipinski definition) is 3. The van der Waals surface area contributed by atoms with E-state index >= 15 is 0 Å². The summed E-state index contributed by atoms with van der Waals surface area (Å²) in [6, 6.07) is 3.86. The van der Waals surface area contributed by atoms with Crippen LogP contribution in [-0.4, -0.2) is 19.9 Å². The number of aliphatic hydroxyl groups is 1. The smallest absolute Gasteiger partial charge is 0.122 e. The van der Waals surface area contributed by atoms with E-state index in [0.717, 1.165) is 29.1 Å². The summed E-state index contributed by atoms with van der Waals surface area (Å²) in [7, 11) is 0. The number of aryl methyl sites for hydroxylation is 3. The van der Waals surface area contributed by atoms with Crippen molar-refractivity contribution in [2.45, 2.75) is 33.4 Å². The van der Waals surface area contributed by atoms with Crippen LogP contribution in [0, 0.1) is 13.8 Å². The molecule has 17 heavy (non-hydrogen) atoms. The average molecular weight is 231 g/mol. The number of pyridine rings is 1. The first-order chi connectivity index (χ1) is 8.11. The molecular weight excluding hydrogens is 214 g/mol. The van der Waals surface area contributed by atoms with E-state index in [1.807, 2.05) is 37.6 Å². The van der Waals surface area contributed by atoms with Crippen LogP contribution in [0.15, 0.2) is 24.5 Å². The van der Waals surface area contributed by atoms with Crippen molar-refractivity contribution in [3.8, 4) is 0 Å². The molecule has 4 nitrogen and oxygen atoms in total. The first-order valence-corrected chi connectivity index (χ1v) is 5.75. The quantitative estimate of drug-likeness (QED) is 0.879. The van der Waals surface area contributed by atoms with Gasteiger partial charge in [0, 0.05) is 24.5 Å². The highest BCUT2D eigenvalue weighted by Crippen LogP contribution is 2.22. The van der Waals surface area contributed by atoms with E-state index in [1.165, 1.54) is 0 Å². The Balaban J connectivity index is 2.39. The van der Waals surface area contributed by atoms with E-state index in [1.54, 1.807) is 12.4 Å². The Labute approximate surface area is 101 Å². The third kappa shape index (κ3) is 2.36. The van der Waals surface area contributed by atoms with Gasteiger partial charge in [0.1, 0.15) is 6.10 Å². The largest absolute Gasteiger partial charge is 0.382 e. The Hall–Kier alpha value is -1.68. The molecule has 0 saturated carbocycles. The van der Waals surface area contributed by atoms with E-state index in [0.29, 0.717) is 0 Å². The van der Waals surface area contributed by atoms with Gasteiger partial charge in [-0.15, -0.1) is 0 Å². The molecule has 2 rings (SSSR count). The van der Waals surface area contributed by atoms with Crippen LogP contribution in [0.2, 0.25) is 0 Å². The Morgan fingerprint density at radius 3 is 2.71 bits per heavy atom. The molecule has 2 aromatic heterocycles. The topological polar surface area (TPSA) is 50.9 Å². The van der Waals surface area contributed by atoms with Gasteiger partial charge in [0.15, 0.2) is 0 Å². The van der Waals surface area contributed by atoms with E-state index in [4.69, 9.17) is 0 Å². The van der Waals surface area contributed by atoms with Crippen LogP contribution in [0.1, 0.15) is 35.5 Å². The zero-order chi connectivity index (χ0) is 12.4. The molecule has 0 aromatic carbocycles. The zero-order valence-electron chi connectivity index (χ0n) is 10.4. The second-order valence-electron chi connectivity index (χ2n) is 4.22. The van der Waals surface area contributed by atoms with E-state index in [9.17, 15) is 5.11 Å². The van der Waals surface area contributed by atoms with Crippen molar-refractivity contribution in [1.29, 1.82) is 0 Å². The Morgan fingerprint density at radius 1 is 1.29 bits per heavy atom. The van der Waals surface area contributed by atoms with Crippen LogP contribution in [0.25, 0.3) is 0 Å². The van der Waals surface area contributed by atoms with Crippen molar-refractivity contribution in [2.24, 2.45) is 0 Å². The van der Waals surface area contributed by atoms with Crippen molar-refractivity contribution in [3.63, 3.8) is 0 Å². The van der Waals surface area contributed by atoms with Gasteiger partial charge in [-0.2, -0.15) is 5.10 Å². The highest BCUT2D eigenvalue weighted by atomic mass is 16.3. The SMILES string of the molecule is CCn1nc(C)cc1C(O)c1cncc(C)c1. The predicted octanol–water partition coefficient (Wildman–Crippen LogP) is 2.00. The fraction of sp³-hybridized carbons (Fsp3) is 0.385. The van der Waals surface area contributed by atoms with E-state index in [2.05, 4.69) is 10.1 Å². The summed E-state index contributed by atoms with van der Waals surface area (Å²) in [5.41, 5.74) is 3.58. The van der Waals surface area contributed by atoms with Gasteiger partial charge in [-0.3, -0.25) is 9.67 Å². The Kier molecular flexibility index (Phi) is 3.24. The number of hydrogen-bond donors (Lipinski definition) is 1. The minimum Gasteiger partial charge on any atom is -0.382 e.